The largest absolute Gasteiger partial charge is 0.493 e. The van der Waals surface area contributed by atoms with Gasteiger partial charge in [-0.2, -0.15) is 0 Å². The van der Waals surface area contributed by atoms with Gasteiger partial charge in [-0.3, -0.25) is 9.69 Å². The van der Waals surface area contributed by atoms with Gasteiger partial charge in [-0.05, 0) is 54.8 Å². The molecule has 0 unspecified atom stereocenters. The minimum absolute atomic E-state index is 0.0357. The number of methoxy groups -OCH3 is 2. The van der Waals surface area contributed by atoms with Gasteiger partial charge < -0.3 is 19.7 Å². The van der Waals surface area contributed by atoms with Crippen molar-refractivity contribution in [2.75, 3.05) is 32.2 Å². The molecular formula is C28H31N3O4. The summed E-state index contributed by atoms with van der Waals surface area (Å²) in [6, 6.07) is 24.8. The lowest BCUT2D eigenvalue weighted by Crippen LogP contribution is -2.50. The molecule has 7 heteroatoms. The molecule has 1 N–H and O–H groups in total. The lowest BCUT2D eigenvalue weighted by molar-refractivity contribution is -0.121. The van der Waals surface area contributed by atoms with Crippen molar-refractivity contribution < 1.29 is 19.1 Å². The molecule has 7 nitrogen and oxygen atoms in total. The van der Waals surface area contributed by atoms with Gasteiger partial charge in [-0.25, -0.2) is 4.79 Å². The summed E-state index contributed by atoms with van der Waals surface area (Å²) in [5.74, 6) is 1.19. The van der Waals surface area contributed by atoms with Gasteiger partial charge in [-0.1, -0.05) is 42.5 Å². The number of benzene rings is 3. The Morgan fingerprint density at radius 3 is 1.97 bits per heavy atom. The molecule has 0 saturated carbocycles. The number of nitrogens with one attached hydrogen (secondary N) is 1. The molecule has 3 aromatic carbocycles. The van der Waals surface area contributed by atoms with E-state index in [2.05, 4.69) is 5.32 Å². The average molecular weight is 474 g/mol. The molecular weight excluding hydrogens is 442 g/mol. The number of rotatable bonds is 7. The summed E-state index contributed by atoms with van der Waals surface area (Å²) in [5.41, 5.74) is 2.51. The van der Waals surface area contributed by atoms with E-state index in [1.165, 1.54) is 0 Å². The molecule has 1 aliphatic heterocycles. The molecule has 3 amide bonds. The van der Waals surface area contributed by atoms with Crippen LogP contribution in [0.25, 0.3) is 0 Å². The third kappa shape index (κ3) is 5.93. The fraction of sp³-hybridized carbons (Fsp3) is 0.286. The van der Waals surface area contributed by atoms with Gasteiger partial charge in [0.1, 0.15) is 0 Å². The van der Waals surface area contributed by atoms with E-state index in [9.17, 15) is 9.59 Å². The number of carbonyl (C=O) groups is 2. The molecule has 3 aromatic rings. The highest BCUT2D eigenvalue weighted by molar-refractivity contribution is 5.99. The lowest BCUT2D eigenvalue weighted by Gasteiger charge is -2.36. The third-order valence-corrected chi connectivity index (χ3v) is 6.16. The second kappa shape index (κ2) is 11.4. The first-order valence-electron chi connectivity index (χ1n) is 11.8. The van der Waals surface area contributed by atoms with E-state index in [4.69, 9.17) is 9.47 Å². The number of anilines is 2. The molecule has 0 aliphatic carbocycles. The normalized spacial score (nSPS) is 13.7. The Morgan fingerprint density at radius 1 is 0.857 bits per heavy atom. The standard InChI is InChI=1S/C28H31N3O4/c1-34-25-14-13-21(19-26(25)35-2)20-27(32)29-22-15-17-30(18-16-22)28(33)31(23-9-5-3-6-10-23)24-11-7-4-8-12-24/h3-14,19,22H,15-18,20H2,1-2H3,(H,29,32). The van der Waals surface area contributed by atoms with Crippen LogP contribution < -0.4 is 19.7 Å². The van der Waals surface area contributed by atoms with E-state index < -0.39 is 0 Å². The molecule has 1 aliphatic rings. The highest BCUT2D eigenvalue weighted by Crippen LogP contribution is 2.29. The molecule has 0 aromatic heterocycles. The second-order valence-electron chi connectivity index (χ2n) is 8.48. The molecule has 1 saturated heterocycles. The first kappa shape index (κ1) is 24.1. The Hall–Kier alpha value is -4.00. The monoisotopic (exact) mass is 473 g/mol. The van der Waals surface area contributed by atoms with E-state index in [1.807, 2.05) is 77.7 Å². The number of piperidine rings is 1. The van der Waals surface area contributed by atoms with Crippen LogP contribution in [0, 0.1) is 0 Å². The van der Waals surface area contributed by atoms with Crippen LogP contribution in [0.4, 0.5) is 16.2 Å². The summed E-state index contributed by atoms with van der Waals surface area (Å²) < 4.78 is 10.6. The summed E-state index contributed by atoms with van der Waals surface area (Å²) in [6.07, 6.45) is 1.68. The summed E-state index contributed by atoms with van der Waals surface area (Å²) in [6.45, 7) is 1.16. The zero-order valence-electron chi connectivity index (χ0n) is 20.1. The molecule has 0 spiro atoms. The first-order valence-corrected chi connectivity index (χ1v) is 11.8. The average Bonchev–Trinajstić information content (AvgIpc) is 2.90. The van der Waals surface area contributed by atoms with E-state index in [1.54, 1.807) is 25.2 Å². The van der Waals surface area contributed by atoms with Gasteiger partial charge >= 0.3 is 6.03 Å². The maximum absolute atomic E-state index is 13.5. The zero-order chi connectivity index (χ0) is 24.6. The smallest absolute Gasteiger partial charge is 0.329 e. The van der Waals surface area contributed by atoms with Crippen LogP contribution in [0.1, 0.15) is 18.4 Å². The number of hydrogen-bond donors (Lipinski definition) is 1. The highest BCUT2D eigenvalue weighted by atomic mass is 16.5. The van der Waals surface area contributed by atoms with E-state index in [-0.39, 0.29) is 24.4 Å². The number of amides is 3. The number of hydrogen-bond acceptors (Lipinski definition) is 4. The second-order valence-corrected chi connectivity index (χ2v) is 8.48. The van der Waals surface area contributed by atoms with Crippen molar-refractivity contribution in [3.63, 3.8) is 0 Å². The molecule has 35 heavy (non-hydrogen) atoms. The zero-order valence-corrected chi connectivity index (χ0v) is 20.1. The number of carbonyl (C=O) groups excluding carboxylic acids is 2. The predicted octanol–water partition coefficient (Wildman–Crippen LogP) is 4.79. The van der Waals surface area contributed by atoms with Gasteiger partial charge in [0, 0.05) is 19.1 Å². The number of ether oxygens (including phenoxy) is 2. The first-order chi connectivity index (χ1) is 17.1. The van der Waals surface area contributed by atoms with Gasteiger partial charge in [0.15, 0.2) is 11.5 Å². The van der Waals surface area contributed by atoms with Gasteiger partial charge in [0.25, 0.3) is 0 Å². The molecule has 0 bridgehead atoms. The van der Waals surface area contributed by atoms with E-state index in [0.29, 0.717) is 37.4 Å². The molecule has 0 atom stereocenters. The minimum Gasteiger partial charge on any atom is -0.493 e. The minimum atomic E-state index is -0.0579. The number of likely N-dealkylation sites (tertiary alicyclic amines) is 1. The summed E-state index contributed by atoms with van der Waals surface area (Å²) >= 11 is 0. The Bertz CT molecular complexity index is 1090. The number of nitrogens with zero attached hydrogens (tertiary/aromatic N) is 2. The van der Waals surface area contributed by atoms with E-state index >= 15 is 0 Å². The van der Waals surface area contributed by atoms with Crippen molar-refractivity contribution >= 4 is 23.3 Å². The maximum Gasteiger partial charge on any atom is 0.329 e. The van der Waals surface area contributed by atoms with Crippen LogP contribution in [-0.2, 0) is 11.2 Å². The summed E-state index contributed by atoms with van der Waals surface area (Å²) in [4.78, 5) is 29.8. The Morgan fingerprint density at radius 2 is 1.43 bits per heavy atom. The van der Waals surface area contributed by atoms with Crippen molar-refractivity contribution in [2.24, 2.45) is 0 Å². The molecule has 1 fully saturated rings. The van der Waals surface area contributed by atoms with Crippen LogP contribution in [0.15, 0.2) is 78.9 Å². The Labute approximate surface area is 206 Å². The fourth-order valence-electron chi connectivity index (χ4n) is 4.34. The Balaban J connectivity index is 1.35. The molecule has 4 rings (SSSR count). The van der Waals surface area contributed by atoms with Gasteiger partial charge in [0.2, 0.25) is 5.91 Å². The van der Waals surface area contributed by atoms with Gasteiger partial charge in [-0.15, -0.1) is 0 Å². The summed E-state index contributed by atoms with van der Waals surface area (Å²) in [7, 11) is 3.16. The Kier molecular flexibility index (Phi) is 7.88. The van der Waals surface area contributed by atoms with Crippen molar-refractivity contribution in [3.05, 3.63) is 84.4 Å². The number of para-hydroxylation sites is 2. The van der Waals surface area contributed by atoms with Crippen LogP contribution in [0.3, 0.4) is 0 Å². The summed E-state index contributed by atoms with van der Waals surface area (Å²) in [5, 5.41) is 3.12. The predicted molar refractivity (Wildman–Crippen MR) is 136 cm³/mol. The molecule has 1 heterocycles. The quantitative estimate of drug-likeness (QED) is 0.536. The molecule has 0 radical (unpaired) electrons. The molecule has 182 valence electrons. The lowest BCUT2D eigenvalue weighted by atomic mass is 10.0. The van der Waals surface area contributed by atoms with Crippen molar-refractivity contribution in [3.8, 4) is 11.5 Å². The topological polar surface area (TPSA) is 71.1 Å². The van der Waals surface area contributed by atoms with Crippen molar-refractivity contribution in [1.82, 2.24) is 10.2 Å². The van der Waals surface area contributed by atoms with Crippen molar-refractivity contribution in [2.45, 2.75) is 25.3 Å². The fourth-order valence-corrected chi connectivity index (χ4v) is 4.34. The van der Waals surface area contributed by atoms with Crippen LogP contribution in [0.2, 0.25) is 0 Å². The van der Waals surface area contributed by atoms with Gasteiger partial charge in [0.05, 0.1) is 32.0 Å². The maximum atomic E-state index is 13.5. The van der Waals surface area contributed by atoms with Crippen LogP contribution in [0.5, 0.6) is 11.5 Å². The SMILES string of the molecule is COc1ccc(CC(=O)NC2CCN(C(=O)N(c3ccccc3)c3ccccc3)CC2)cc1OC. The third-order valence-electron chi connectivity index (χ3n) is 6.16. The van der Waals surface area contributed by atoms with Crippen LogP contribution >= 0.6 is 0 Å². The van der Waals surface area contributed by atoms with Crippen LogP contribution in [-0.4, -0.2) is 50.2 Å². The van der Waals surface area contributed by atoms with E-state index in [0.717, 1.165) is 16.9 Å². The highest BCUT2D eigenvalue weighted by Gasteiger charge is 2.28. The number of urea groups is 1. The van der Waals surface area contributed by atoms with Crippen molar-refractivity contribution in [1.29, 1.82) is 0 Å².